The van der Waals surface area contributed by atoms with E-state index in [1.54, 1.807) is 0 Å². The van der Waals surface area contributed by atoms with Crippen LogP contribution < -0.4 is 4.90 Å². The fraction of sp³-hybridized carbons (Fsp3) is 0.318. The molecular weight excluding hydrogens is 368 g/mol. The molecule has 0 bridgehead atoms. The molecule has 5 rings (SSSR count). The van der Waals surface area contributed by atoms with Crippen molar-refractivity contribution in [2.75, 3.05) is 11.4 Å². The number of fused-ring (bicyclic) bond motifs is 1. The van der Waals surface area contributed by atoms with E-state index in [0.717, 1.165) is 43.0 Å². The van der Waals surface area contributed by atoms with E-state index in [0.29, 0.717) is 11.1 Å². The quantitative estimate of drug-likeness (QED) is 0.612. The van der Waals surface area contributed by atoms with E-state index in [1.165, 1.54) is 17.3 Å². The predicted octanol–water partition coefficient (Wildman–Crippen LogP) is 4.21. The summed E-state index contributed by atoms with van der Waals surface area (Å²) in [5.74, 6) is 1.62. The third kappa shape index (κ3) is 3.22. The third-order valence-electron chi connectivity index (χ3n) is 5.34. The molecule has 1 aromatic heterocycles. The maximum atomic E-state index is 13.1. The second-order valence-electron chi connectivity index (χ2n) is 7.40. The van der Waals surface area contributed by atoms with Crippen molar-refractivity contribution in [2.24, 2.45) is 0 Å². The Morgan fingerprint density at radius 1 is 1.11 bits per heavy atom. The van der Waals surface area contributed by atoms with Crippen LogP contribution in [0.5, 0.6) is 0 Å². The molecule has 1 atom stereocenters. The Bertz CT molecular complexity index is 1010. The van der Waals surface area contributed by atoms with Crippen molar-refractivity contribution >= 4 is 23.4 Å². The molecule has 3 aromatic rings. The van der Waals surface area contributed by atoms with Crippen molar-refractivity contribution in [1.82, 2.24) is 14.8 Å². The summed E-state index contributed by atoms with van der Waals surface area (Å²) >= 11 is 1.45. The van der Waals surface area contributed by atoms with Gasteiger partial charge < -0.3 is 4.90 Å². The highest BCUT2D eigenvalue weighted by molar-refractivity contribution is 8.00. The van der Waals surface area contributed by atoms with Gasteiger partial charge in [0.05, 0.1) is 10.9 Å². The standard InChI is InChI=1S/C22H22N4OS/c1-15(21(27)25-14-13-16-7-5-6-10-19(16)25)28-22-23-20(17-11-12-17)26(24-22)18-8-3-2-4-9-18/h2-10,15,17H,11-14H2,1H3/t15-/m1/s1. The Balaban J connectivity index is 1.37. The van der Waals surface area contributed by atoms with Crippen LogP contribution in [0.4, 0.5) is 5.69 Å². The Hall–Kier alpha value is -2.60. The van der Waals surface area contributed by atoms with Crippen LogP contribution in [0, 0.1) is 0 Å². The SMILES string of the molecule is C[C@@H](Sc1nc(C2CC2)n(-c2ccccc2)n1)C(=O)N1CCc2ccccc21. The molecule has 1 saturated carbocycles. The van der Waals surface area contributed by atoms with Crippen LogP contribution in [0.1, 0.15) is 37.1 Å². The van der Waals surface area contributed by atoms with Gasteiger partial charge in [-0.05, 0) is 49.9 Å². The number of aromatic nitrogens is 3. The van der Waals surface area contributed by atoms with E-state index in [9.17, 15) is 4.79 Å². The minimum atomic E-state index is -0.232. The lowest BCUT2D eigenvalue weighted by atomic mass is 10.2. The molecule has 5 nitrogen and oxygen atoms in total. The van der Waals surface area contributed by atoms with Crippen molar-refractivity contribution in [3.05, 3.63) is 66.0 Å². The van der Waals surface area contributed by atoms with Gasteiger partial charge in [0.2, 0.25) is 11.1 Å². The first-order chi connectivity index (χ1) is 13.7. The van der Waals surface area contributed by atoms with E-state index in [2.05, 4.69) is 6.07 Å². The molecule has 6 heteroatoms. The van der Waals surface area contributed by atoms with E-state index in [4.69, 9.17) is 10.1 Å². The van der Waals surface area contributed by atoms with Gasteiger partial charge in [-0.2, -0.15) is 0 Å². The summed E-state index contributed by atoms with van der Waals surface area (Å²) in [6.07, 6.45) is 3.25. The molecule has 2 aromatic carbocycles. The first kappa shape index (κ1) is 17.5. The van der Waals surface area contributed by atoms with E-state index in [1.807, 2.05) is 65.0 Å². The highest BCUT2D eigenvalue weighted by Crippen LogP contribution is 2.41. The molecule has 28 heavy (non-hydrogen) atoms. The van der Waals surface area contributed by atoms with Gasteiger partial charge in [-0.1, -0.05) is 48.2 Å². The number of thioether (sulfide) groups is 1. The summed E-state index contributed by atoms with van der Waals surface area (Å²) in [4.78, 5) is 19.8. The molecule has 0 N–H and O–H groups in total. The molecule has 2 aliphatic rings. The molecule has 0 unspecified atom stereocenters. The van der Waals surface area contributed by atoms with Crippen LogP contribution in [0.25, 0.3) is 5.69 Å². The number of anilines is 1. The zero-order valence-corrected chi connectivity index (χ0v) is 16.6. The monoisotopic (exact) mass is 390 g/mol. The first-order valence-corrected chi connectivity index (χ1v) is 10.7. The average molecular weight is 391 g/mol. The normalized spacial score (nSPS) is 16.8. The molecule has 1 aliphatic heterocycles. The number of nitrogens with zero attached hydrogens (tertiary/aromatic N) is 4. The number of amides is 1. The number of carbonyl (C=O) groups is 1. The van der Waals surface area contributed by atoms with Crippen LogP contribution in [-0.4, -0.2) is 32.5 Å². The Labute approximate surface area is 168 Å². The van der Waals surface area contributed by atoms with Crippen molar-refractivity contribution in [3.63, 3.8) is 0 Å². The first-order valence-electron chi connectivity index (χ1n) is 9.79. The number of para-hydroxylation sites is 2. The van der Waals surface area contributed by atoms with Gasteiger partial charge in [-0.25, -0.2) is 9.67 Å². The number of carbonyl (C=O) groups excluding carboxylic acids is 1. The summed E-state index contributed by atoms with van der Waals surface area (Å²) in [7, 11) is 0. The third-order valence-corrected chi connectivity index (χ3v) is 6.28. The number of hydrogen-bond donors (Lipinski definition) is 0. The van der Waals surface area contributed by atoms with E-state index in [-0.39, 0.29) is 11.2 Å². The summed E-state index contributed by atoms with van der Waals surface area (Å²) in [6.45, 7) is 2.70. The van der Waals surface area contributed by atoms with Gasteiger partial charge in [0.25, 0.3) is 0 Å². The smallest absolute Gasteiger partial charge is 0.240 e. The van der Waals surface area contributed by atoms with Crippen molar-refractivity contribution < 1.29 is 4.79 Å². The van der Waals surface area contributed by atoms with Gasteiger partial charge in [0.1, 0.15) is 5.82 Å². The number of rotatable bonds is 5. The molecule has 0 radical (unpaired) electrons. The fourth-order valence-corrected chi connectivity index (χ4v) is 4.53. The van der Waals surface area contributed by atoms with Gasteiger partial charge >= 0.3 is 0 Å². The van der Waals surface area contributed by atoms with Crippen LogP contribution >= 0.6 is 11.8 Å². The lowest BCUT2D eigenvalue weighted by molar-refractivity contribution is -0.117. The summed E-state index contributed by atoms with van der Waals surface area (Å²) in [5, 5.41) is 5.18. The molecular formula is C22H22N4OS. The van der Waals surface area contributed by atoms with Crippen molar-refractivity contribution in [1.29, 1.82) is 0 Å². The maximum absolute atomic E-state index is 13.1. The van der Waals surface area contributed by atoms with E-state index < -0.39 is 0 Å². The van der Waals surface area contributed by atoms with Gasteiger partial charge in [-0.3, -0.25) is 4.79 Å². The maximum Gasteiger partial charge on any atom is 0.240 e. The second-order valence-corrected chi connectivity index (χ2v) is 8.71. The van der Waals surface area contributed by atoms with Crippen LogP contribution in [0.15, 0.2) is 59.8 Å². The van der Waals surface area contributed by atoms with Gasteiger partial charge in [-0.15, -0.1) is 5.10 Å². The van der Waals surface area contributed by atoms with Gasteiger partial charge in [0.15, 0.2) is 0 Å². The Morgan fingerprint density at radius 3 is 2.64 bits per heavy atom. The highest BCUT2D eigenvalue weighted by Gasteiger charge is 2.32. The minimum Gasteiger partial charge on any atom is -0.311 e. The molecule has 1 aliphatic carbocycles. The van der Waals surface area contributed by atoms with Gasteiger partial charge in [0, 0.05) is 18.2 Å². The largest absolute Gasteiger partial charge is 0.311 e. The highest BCUT2D eigenvalue weighted by atomic mass is 32.2. The number of hydrogen-bond acceptors (Lipinski definition) is 4. The lowest BCUT2D eigenvalue weighted by Crippen LogP contribution is -2.35. The zero-order chi connectivity index (χ0) is 19.1. The predicted molar refractivity (Wildman–Crippen MR) is 111 cm³/mol. The molecule has 1 fully saturated rings. The summed E-state index contributed by atoms with van der Waals surface area (Å²) in [6, 6.07) is 18.3. The molecule has 0 spiro atoms. The second kappa shape index (κ2) is 7.09. The average Bonchev–Trinajstić information content (AvgIpc) is 3.35. The van der Waals surface area contributed by atoms with Crippen LogP contribution in [-0.2, 0) is 11.2 Å². The minimum absolute atomic E-state index is 0.124. The van der Waals surface area contributed by atoms with Crippen molar-refractivity contribution in [2.45, 2.75) is 42.5 Å². The molecule has 2 heterocycles. The zero-order valence-electron chi connectivity index (χ0n) is 15.8. The lowest BCUT2D eigenvalue weighted by Gasteiger charge is -2.20. The summed E-state index contributed by atoms with van der Waals surface area (Å²) in [5.41, 5.74) is 3.31. The Morgan fingerprint density at radius 2 is 1.86 bits per heavy atom. The van der Waals surface area contributed by atoms with Crippen molar-refractivity contribution in [3.8, 4) is 5.69 Å². The fourth-order valence-electron chi connectivity index (χ4n) is 3.71. The molecule has 1 amide bonds. The summed E-state index contributed by atoms with van der Waals surface area (Å²) < 4.78 is 1.95. The topological polar surface area (TPSA) is 51.0 Å². The molecule has 142 valence electrons. The number of benzene rings is 2. The van der Waals surface area contributed by atoms with Crippen LogP contribution in [0.3, 0.4) is 0 Å². The molecule has 0 saturated heterocycles. The van der Waals surface area contributed by atoms with E-state index >= 15 is 0 Å². The van der Waals surface area contributed by atoms with Crippen LogP contribution in [0.2, 0.25) is 0 Å². The Kier molecular flexibility index (Phi) is 4.43.